The second-order valence-electron chi connectivity index (χ2n) is 5.22. The number of thiazole rings is 1. The molecule has 0 bridgehead atoms. The molecule has 8 heteroatoms. The first-order valence-electron chi connectivity index (χ1n) is 7.46. The minimum absolute atomic E-state index is 0.0221. The molecule has 0 radical (unpaired) electrons. The quantitative estimate of drug-likeness (QED) is 0.345. The van der Waals surface area contributed by atoms with Crippen molar-refractivity contribution in [3.05, 3.63) is 80.1 Å². The van der Waals surface area contributed by atoms with Crippen LogP contribution in [0, 0.1) is 10.1 Å². The van der Waals surface area contributed by atoms with Crippen molar-refractivity contribution >= 4 is 50.1 Å². The number of carbonyl (C=O) groups is 1. The van der Waals surface area contributed by atoms with Gasteiger partial charge in [-0.2, -0.15) is 0 Å². The third-order valence-electron chi connectivity index (χ3n) is 3.36. The van der Waals surface area contributed by atoms with Crippen molar-refractivity contribution in [3.63, 3.8) is 0 Å². The fourth-order valence-corrected chi connectivity index (χ4v) is 3.29. The summed E-state index contributed by atoms with van der Waals surface area (Å²) < 4.78 is 0.952. The van der Waals surface area contributed by atoms with Crippen LogP contribution in [0.3, 0.4) is 0 Å². The lowest BCUT2D eigenvalue weighted by Gasteiger charge is -1.98. The summed E-state index contributed by atoms with van der Waals surface area (Å²) in [6, 6.07) is 13.8. The van der Waals surface area contributed by atoms with Gasteiger partial charge in [-0.15, -0.1) is 11.3 Å². The molecular weight excluding hydrogens is 418 g/mol. The zero-order valence-corrected chi connectivity index (χ0v) is 15.7. The minimum Gasteiger partial charge on any atom is -0.298 e. The minimum atomic E-state index is -0.476. The van der Waals surface area contributed by atoms with Gasteiger partial charge in [0, 0.05) is 33.6 Å². The number of benzene rings is 2. The van der Waals surface area contributed by atoms with Crippen LogP contribution >= 0.6 is 27.3 Å². The number of amides is 1. The summed E-state index contributed by atoms with van der Waals surface area (Å²) in [4.78, 5) is 26.7. The number of carbonyl (C=O) groups excluding carboxylic acids is 1. The van der Waals surface area contributed by atoms with Crippen molar-refractivity contribution in [1.29, 1.82) is 0 Å². The molecule has 0 saturated carbocycles. The second-order valence-corrected chi connectivity index (χ2v) is 7.00. The highest BCUT2D eigenvalue weighted by Crippen LogP contribution is 2.26. The molecule has 0 saturated heterocycles. The van der Waals surface area contributed by atoms with Gasteiger partial charge >= 0.3 is 0 Å². The van der Waals surface area contributed by atoms with Crippen molar-refractivity contribution < 1.29 is 9.72 Å². The van der Waals surface area contributed by atoms with Gasteiger partial charge in [0.25, 0.3) is 5.69 Å². The van der Waals surface area contributed by atoms with Crippen molar-refractivity contribution in [1.82, 2.24) is 4.98 Å². The molecule has 130 valence electrons. The monoisotopic (exact) mass is 429 g/mol. The average Bonchev–Trinajstić information content (AvgIpc) is 3.09. The van der Waals surface area contributed by atoms with Crippen molar-refractivity contribution in [3.8, 4) is 11.3 Å². The van der Waals surface area contributed by atoms with Crippen LogP contribution in [0.2, 0.25) is 0 Å². The van der Waals surface area contributed by atoms with E-state index >= 15 is 0 Å². The number of aromatic nitrogens is 1. The largest absolute Gasteiger partial charge is 0.298 e. The maximum absolute atomic E-state index is 12.0. The Morgan fingerprint density at radius 3 is 2.81 bits per heavy atom. The molecule has 0 aliphatic rings. The molecule has 0 aliphatic carbocycles. The number of rotatable bonds is 5. The lowest BCUT2D eigenvalue weighted by molar-refractivity contribution is -0.384. The Labute approximate surface area is 161 Å². The Bertz CT molecular complexity index is 1000. The van der Waals surface area contributed by atoms with E-state index in [9.17, 15) is 14.9 Å². The first-order chi connectivity index (χ1) is 12.5. The summed E-state index contributed by atoms with van der Waals surface area (Å²) in [6.45, 7) is 0. The Kier molecular flexibility index (Phi) is 5.55. The van der Waals surface area contributed by atoms with Gasteiger partial charge in [0.05, 0.1) is 10.6 Å². The van der Waals surface area contributed by atoms with Crippen molar-refractivity contribution in [2.24, 2.45) is 0 Å². The summed E-state index contributed by atoms with van der Waals surface area (Å²) in [5.41, 5.74) is 2.27. The zero-order valence-electron chi connectivity index (χ0n) is 13.3. The summed E-state index contributed by atoms with van der Waals surface area (Å²) >= 11 is 4.74. The van der Waals surface area contributed by atoms with Gasteiger partial charge < -0.3 is 0 Å². The van der Waals surface area contributed by atoms with Gasteiger partial charge in [-0.3, -0.25) is 20.2 Å². The molecule has 0 fully saturated rings. The second kappa shape index (κ2) is 8.03. The van der Waals surface area contributed by atoms with Crippen molar-refractivity contribution in [2.75, 3.05) is 5.32 Å². The molecule has 1 N–H and O–H groups in total. The normalized spacial score (nSPS) is 10.8. The van der Waals surface area contributed by atoms with Gasteiger partial charge in [-0.25, -0.2) is 4.98 Å². The fourth-order valence-electron chi connectivity index (χ4n) is 2.17. The van der Waals surface area contributed by atoms with E-state index in [0.29, 0.717) is 10.7 Å². The summed E-state index contributed by atoms with van der Waals surface area (Å²) in [6.07, 6.45) is 2.84. The van der Waals surface area contributed by atoms with Crippen LogP contribution in [0.25, 0.3) is 17.3 Å². The standard InChI is InChI=1S/C18H12BrN3O3S/c19-14-5-2-4-13(10-14)16-11-26-18(20-16)21-17(23)8-7-12-3-1-6-15(9-12)22(24)25/h1-11H,(H,20,21,23)/b8-7+. The van der Waals surface area contributed by atoms with E-state index in [1.165, 1.54) is 35.6 Å². The zero-order chi connectivity index (χ0) is 18.5. The Balaban J connectivity index is 1.67. The van der Waals surface area contributed by atoms with E-state index in [-0.39, 0.29) is 11.6 Å². The topological polar surface area (TPSA) is 85.1 Å². The Morgan fingerprint density at radius 2 is 2.04 bits per heavy atom. The number of nitro groups is 1. The van der Waals surface area contributed by atoms with Gasteiger partial charge in [-0.05, 0) is 23.8 Å². The molecule has 3 rings (SSSR count). The number of nitrogens with one attached hydrogen (secondary N) is 1. The van der Waals surface area contributed by atoms with E-state index in [2.05, 4.69) is 26.2 Å². The molecule has 0 unspecified atom stereocenters. The smallest absolute Gasteiger partial charge is 0.270 e. The summed E-state index contributed by atoms with van der Waals surface area (Å²) in [7, 11) is 0. The molecule has 0 spiro atoms. The van der Waals surface area contributed by atoms with Crippen molar-refractivity contribution in [2.45, 2.75) is 0 Å². The van der Waals surface area contributed by atoms with Gasteiger partial charge in [0.1, 0.15) is 0 Å². The molecule has 2 aromatic carbocycles. The first kappa shape index (κ1) is 18.0. The highest BCUT2D eigenvalue weighted by Gasteiger charge is 2.07. The number of nitrogens with zero attached hydrogens (tertiary/aromatic N) is 2. The van der Waals surface area contributed by atoms with Crippen LogP contribution in [0.1, 0.15) is 5.56 Å². The van der Waals surface area contributed by atoms with Crippen LogP contribution in [-0.2, 0) is 4.79 Å². The lowest BCUT2D eigenvalue weighted by atomic mass is 10.2. The van der Waals surface area contributed by atoms with Crippen LogP contribution in [0.15, 0.2) is 64.5 Å². The third-order valence-corrected chi connectivity index (χ3v) is 4.61. The van der Waals surface area contributed by atoms with Crippen LogP contribution in [0.5, 0.6) is 0 Å². The number of halogens is 1. The molecule has 0 atom stereocenters. The van der Waals surface area contributed by atoms with E-state index in [1.807, 2.05) is 29.6 Å². The maximum atomic E-state index is 12.0. The van der Waals surface area contributed by atoms with Crippen LogP contribution in [0.4, 0.5) is 10.8 Å². The Hall–Kier alpha value is -2.84. The van der Waals surface area contributed by atoms with E-state index < -0.39 is 4.92 Å². The number of hydrogen-bond acceptors (Lipinski definition) is 5. The van der Waals surface area contributed by atoms with Gasteiger partial charge in [-0.1, -0.05) is 40.2 Å². The molecule has 1 amide bonds. The molecular formula is C18H12BrN3O3S. The predicted molar refractivity (Wildman–Crippen MR) is 106 cm³/mol. The number of nitro benzene ring substituents is 1. The third kappa shape index (κ3) is 4.62. The highest BCUT2D eigenvalue weighted by atomic mass is 79.9. The molecule has 3 aromatic rings. The molecule has 1 aromatic heterocycles. The van der Waals surface area contributed by atoms with Crippen LogP contribution < -0.4 is 5.32 Å². The average molecular weight is 430 g/mol. The SMILES string of the molecule is O=C(/C=C/c1cccc([N+](=O)[O-])c1)Nc1nc(-c2cccc(Br)c2)cs1. The first-order valence-corrected chi connectivity index (χ1v) is 9.13. The maximum Gasteiger partial charge on any atom is 0.270 e. The fraction of sp³-hybridized carbons (Fsp3) is 0. The molecule has 1 heterocycles. The summed E-state index contributed by atoms with van der Waals surface area (Å²) in [5.74, 6) is -0.355. The highest BCUT2D eigenvalue weighted by molar-refractivity contribution is 9.10. The number of non-ortho nitro benzene ring substituents is 1. The number of anilines is 1. The van der Waals surface area contributed by atoms with E-state index in [1.54, 1.807) is 12.1 Å². The van der Waals surface area contributed by atoms with Gasteiger partial charge in [0.15, 0.2) is 5.13 Å². The molecule has 26 heavy (non-hydrogen) atoms. The Morgan fingerprint density at radius 1 is 1.23 bits per heavy atom. The summed E-state index contributed by atoms with van der Waals surface area (Å²) in [5, 5.41) is 15.8. The van der Waals surface area contributed by atoms with E-state index in [4.69, 9.17) is 0 Å². The van der Waals surface area contributed by atoms with E-state index in [0.717, 1.165) is 15.7 Å². The predicted octanol–water partition coefficient (Wildman–Crippen LogP) is 5.13. The number of hydrogen-bond donors (Lipinski definition) is 1. The molecule has 0 aliphatic heterocycles. The molecule has 6 nitrogen and oxygen atoms in total. The lowest BCUT2D eigenvalue weighted by Crippen LogP contribution is -2.07. The van der Waals surface area contributed by atoms with Crippen LogP contribution in [-0.4, -0.2) is 15.8 Å². The van der Waals surface area contributed by atoms with Gasteiger partial charge in [0.2, 0.25) is 5.91 Å².